The average Bonchev–Trinajstić information content (AvgIpc) is 2.13. The maximum Gasteiger partial charge on any atom is 0.257 e. The molecule has 15 heavy (non-hydrogen) atoms. The summed E-state index contributed by atoms with van der Waals surface area (Å²) in [4.78, 5) is 0. The minimum absolute atomic E-state index is 0. The van der Waals surface area contributed by atoms with Gasteiger partial charge < -0.3 is 10.8 Å². The van der Waals surface area contributed by atoms with E-state index in [9.17, 15) is 13.9 Å². The molecule has 0 saturated carbocycles. The minimum atomic E-state index is -2.77. The lowest BCUT2D eigenvalue weighted by Gasteiger charge is -2.13. The van der Waals surface area contributed by atoms with Crippen LogP contribution in [0.1, 0.15) is 11.6 Å². The Bertz CT molecular complexity index is 349. The number of phenolic OH excluding ortho intramolecular Hbond substituents is 1. The van der Waals surface area contributed by atoms with E-state index in [-0.39, 0.29) is 28.0 Å². The van der Waals surface area contributed by atoms with Gasteiger partial charge in [-0.25, -0.2) is 8.78 Å². The molecule has 2 nitrogen and oxygen atoms in total. The lowest BCUT2D eigenvalue weighted by molar-refractivity contribution is 0.115. The van der Waals surface area contributed by atoms with Gasteiger partial charge in [0.1, 0.15) is 10.8 Å². The summed E-state index contributed by atoms with van der Waals surface area (Å²) in [7, 11) is 0. The number of rotatable bonds is 2. The Morgan fingerprint density at radius 3 is 2.27 bits per heavy atom. The summed E-state index contributed by atoms with van der Waals surface area (Å²) in [6.45, 7) is 0. The van der Waals surface area contributed by atoms with E-state index < -0.39 is 18.2 Å². The van der Waals surface area contributed by atoms with E-state index in [1.54, 1.807) is 0 Å². The predicted molar refractivity (Wildman–Crippen MR) is 58.3 cm³/mol. The fraction of sp³-hybridized carbons (Fsp3) is 0.250. The minimum Gasteiger partial charge on any atom is -0.506 e. The molecule has 3 N–H and O–H groups in total. The van der Waals surface area contributed by atoms with Gasteiger partial charge in [0.2, 0.25) is 0 Å². The van der Waals surface area contributed by atoms with E-state index in [2.05, 4.69) is 0 Å². The second kappa shape index (κ2) is 5.70. The first-order valence-electron chi connectivity index (χ1n) is 3.65. The van der Waals surface area contributed by atoms with Gasteiger partial charge in [0.15, 0.2) is 0 Å². The summed E-state index contributed by atoms with van der Waals surface area (Å²) in [5.74, 6) is -0.494. The van der Waals surface area contributed by atoms with Gasteiger partial charge in [0.05, 0.1) is 11.1 Å². The van der Waals surface area contributed by atoms with E-state index in [0.717, 1.165) is 0 Å². The second-order valence-corrected chi connectivity index (χ2v) is 3.44. The molecule has 0 saturated heterocycles. The molecule has 1 aromatic carbocycles. The van der Waals surface area contributed by atoms with Gasteiger partial charge in [-0.05, 0) is 6.07 Å². The first-order chi connectivity index (χ1) is 6.45. The zero-order valence-corrected chi connectivity index (χ0v) is 9.58. The second-order valence-electron chi connectivity index (χ2n) is 2.66. The number of nitrogens with two attached hydrogens (primary N) is 1. The Labute approximate surface area is 101 Å². The van der Waals surface area contributed by atoms with Crippen molar-refractivity contribution in [1.82, 2.24) is 0 Å². The molecular formula is C8H8Cl3F2NO. The summed E-state index contributed by atoms with van der Waals surface area (Å²) in [5.41, 5.74) is 5.03. The molecule has 7 heteroatoms. The molecule has 0 bridgehead atoms. The number of alkyl halides is 2. The highest BCUT2D eigenvalue weighted by atomic mass is 35.5. The SMILES string of the molecule is Cl.N[C@@H](c1ccc(Cl)c(Cl)c1O)C(F)F. The summed E-state index contributed by atoms with van der Waals surface area (Å²) in [6.07, 6.45) is -2.77. The fourth-order valence-corrected chi connectivity index (χ4v) is 1.28. The maximum atomic E-state index is 12.2. The number of benzene rings is 1. The van der Waals surface area contributed by atoms with E-state index in [0.29, 0.717) is 0 Å². The van der Waals surface area contributed by atoms with E-state index in [1.165, 1.54) is 12.1 Å². The molecule has 0 heterocycles. The van der Waals surface area contributed by atoms with Gasteiger partial charge >= 0.3 is 0 Å². The van der Waals surface area contributed by atoms with Gasteiger partial charge in [-0.1, -0.05) is 29.3 Å². The van der Waals surface area contributed by atoms with Crippen LogP contribution in [0.3, 0.4) is 0 Å². The van der Waals surface area contributed by atoms with Crippen LogP contribution in [0.5, 0.6) is 5.75 Å². The molecule has 0 unspecified atom stereocenters. The van der Waals surface area contributed by atoms with Gasteiger partial charge in [0, 0.05) is 5.56 Å². The van der Waals surface area contributed by atoms with E-state index >= 15 is 0 Å². The number of halogens is 5. The third kappa shape index (κ3) is 3.08. The Morgan fingerprint density at radius 1 is 1.27 bits per heavy atom. The molecule has 1 rings (SSSR count). The molecule has 1 aromatic rings. The number of hydrogen-bond donors (Lipinski definition) is 2. The molecule has 0 aliphatic rings. The Hall–Kier alpha value is -0.290. The van der Waals surface area contributed by atoms with Crippen molar-refractivity contribution in [3.63, 3.8) is 0 Å². The van der Waals surface area contributed by atoms with Crippen LogP contribution in [0.15, 0.2) is 12.1 Å². The monoisotopic (exact) mass is 277 g/mol. The molecule has 0 spiro atoms. The third-order valence-electron chi connectivity index (χ3n) is 1.73. The quantitative estimate of drug-likeness (QED) is 0.871. The number of aromatic hydroxyl groups is 1. The van der Waals surface area contributed by atoms with Gasteiger partial charge in [-0.15, -0.1) is 12.4 Å². The largest absolute Gasteiger partial charge is 0.506 e. The molecule has 0 fully saturated rings. The zero-order chi connectivity index (χ0) is 10.9. The predicted octanol–water partition coefficient (Wildman–Crippen LogP) is 3.39. The van der Waals surface area contributed by atoms with Crippen molar-refractivity contribution in [2.75, 3.05) is 0 Å². The summed E-state index contributed by atoms with van der Waals surface area (Å²) in [6, 6.07) is 0.964. The van der Waals surface area contributed by atoms with Crippen molar-refractivity contribution < 1.29 is 13.9 Å². The Morgan fingerprint density at radius 2 is 1.80 bits per heavy atom. The highest BCUT2D eigenvalue weighted by Crippen LogP contribution is 2.37. The summed E-state index contributed by atoms with van der Waals surface area (Å²) in [5, 5.41) is 9.29. The van der Waals surface area contributed by atoms with Crippen LogP contribution in [-0.2, 0) is 0 Å². The molecule has 0 aliphatic heterocycles. The van der Waals surface area contributed by atoms with Crippen molar-refractivity contribution in [2.24, 2.45) is 5.73 Å². The van der Waals surface area contributed by atoms with Gasteiger partial charge in [0.25, 0.3) is 6.43 Å². The van der Waals surface area contributed by atoms with Crippen molar-refractivity contribution >= 4 is 35.6 Å². The van der Waals surface area contributed by atoms with E-state index in [4.69, 9.17) is 28.9 Å². The number of phenols is 1. The lowest BCUT2D eigenvalue weighted by atomic mass is 10.1. The molecule has 0 aromatic heterocycles. The van der Waals surface area contributed by atoms with Crippen LogP contribution in [0.2, 0.25) is 10.0 Å². The first kappa shape index (κ1) is 14.7. The average molecular weight is 279 g/mol. The molecular weight excluding hydrogens is 270 g/mol. The van der Waals surface area contributed by atoms with Crippen molar-refractivity contribution in [2.45, 2.75) is 12.5 Å². The van der Waals surface area contributed by atoms with Crippen LogP contribution in [0, 0.1) is 0 Å². The van der Waals surface area contributed by atoms with Crippen LogP contribution >= 0.6 is 35.6 Å². The molecule has 1 atom stereocenters. The van der Waals surface area contributed by atoms with Crippen LogP contribution in [0.25, 0.3) is 0 Å². The first-order valence-corrected chi connectivity index (χ1v) is 4.41. The van der Waals surface area contributed by atoms with E-state index in [1.807, 2.05) is 0 Å². The zero-order valence-electron chi connectivity index (χ0n) is 7.25. The third-order valence-corrected chi connectivity index (χ3v) is 2.53. The van der Waals surface area contributed by atoms with Crippen molar-refractivity contribution in [1.29, 1.82) is 0 Å². The van der Waals surface area contributed by atoms with Crippen molar-refractivity contribution in [3.05, 3.63) is 27.7 Å². The summed E-state index contributed by atoms with van der Waals surface area (Å²) < 4.78 is 24.4. The summed E-state index contributed by atoms with van der Waals surface area (Å²) >= 11 is 11.1. The van der Waals surface area contributed by atoms with Crippen molar-refractivity contribution in [3.8, 4) is 5.75 Å². The molecule has 86 valence electrons. The highest BCUT2D eigenvalue weighted by molar-refractivity contribution is 6.43. The lowest BCUT2D eigenvalue weighted by Crippen LogP contribution is -2.19. The van der Waals surface area contributed by atoms with Gasteiger partial charge in [-0.2, -0.15) is 0 Å². The van der Waals surface area contributed by atoms with Gasteiger partial charge in [-0.3, -0.25) is 0 Å². The van der Waals surface area contributed by atoms with Crippen LogP contribution in [-0.4, -0.2) is 11.5 Å². The normalized spacial score (nSPS) is 12.4. The smallest absolute Gasteiger partial charge is 0.257 e. The fourth-order valence-electron chi connectivity index (χ4n) is 0.960. The highest BCUT2D eigenvalue weighted by Gasteiger charge is 2.22. The number of hydrogen-bond acceptors (Lipinski definition) is 2. The molecule has 0 radical (unpaired) electrons. The molecule has 0 aliphatic carbocycles. The Balaban J connectivity index is 0.00000196. The van der Waals surface area contributed by atoms with Crippen LogP contribution < -0.4 is 5.73 Å². The topological polar surface area (TPSA) is 46.2 Å². The van der Waals surface area contributed by atoms with Crippen LogP contribution in [0.4, 0.5) is 8.78 Å². The Kier molecular flexibility index (Phi) is 5.59. The maximum absolute atomic E-state index is 12.2. The standard InChI is InChI=1S/C8H7Cl2F2NO.ClH/c9-4-2-1-3(6(13)8(11)12)7(14)5(4)10;/h1-2,6,8,14H,13H2;1H/t6-;/m0./s1. The molecule has 0 amide bonds.